The van der Waals surface area contributed by atoms with E-state index in [-0.39, 0.29) is 24.6 Å². The highest BCUT2D eigenvalue weighted by molar-refractivity contribution is 5.96. The molecule has 3 rings (SSSR count). The molecule has 36 heavy (non-hydrogen) atoms. The lowest BCUT2D eigenvalue weighted by molar-refractivity contribution is -0.154. The number of alkyl halides is 3. The molecule has 11 heteroatoms. The average molecular weight is 513 g/mol. The third-order valence-corrected chi connectivity index (χ3v) is 6.65. The molecule has 3 N–H and O–H groups in total. The van der Waals surface area contributed by atoms with Gasteiger partial charge in [0.25, 0.3) is 0 Å². The molecule has 3 atom stereocenters. The van der Waals surface area contributed by atoms with Crippen molar-refractivity contribution in [2.45, 2.75) is 90.1 Å². The SMILES string of the molecule is CC1CCC([C@H](NC(=O)OC(C)(C)C)C(=O)Nc2cc(C[C@@H]3C[C@@H](C(F)(F)F)NC3=O)ccn2)CC1. The Morgan fingerprint density at radius 1 is 1.19 bits per heavy atom. The number of aromatic nitrogens is 1. The Morgan fingerprint density at radius 3 is 2.44 bits per heavy atom. The van der Waals surface area contributed by atoms with Crippen LogP contribution in [0, 0.1) is 17.8 Å². The van der Waals surface area contributed by atoms with Gasteiger partial charge in [0.1, 0.15) is 23.5 Å². The Labute approximate surface area is 209 Å². The van der Waals surface area contributed by atoms with Crippen molar-refractivity contribution in [1.82, 2.24) is 15.6 Å². The second kappa shape index (κ2) is 11.0. The largest absolute Gasteiger partial charge is 0.444 e. The first kappa shape index (κ1) is 27.7. The Bertz CT molecular complexity index is 955. The highest BCUT2D eigenvalue weighted by Gasteiger charge is 2.47. The molecule has 1 aromatic rings. The molecule has 0 unspecified atom stereocenters. The van der Waals surface area contributed by atoms with Gasteiger partial charge in [-0.25, -0.2) is 9.78 Å². The fourth-order valence-electron chi connectivity index (χ4n) is 4.74. The summed E-state index contributed by atoms with van der Waals surface area (Å²) < 4.78 is 44.3. The topological polar surface area (TPSA) is 109 Å². The number of hydrogen-bond acceptors (Lipinski definition) is 5. The van der Waals surface area contributed by atoms with Crippen LogP contribution in [0.3, 0.4) is 0 Å². The molecule has 0 bridgehead atoms. The molecule has 8 nitrogen and oxygen atoms in total. The number of nitrogens with zero attached hydrogens (tertiary/aromatic N) is 1. The van der Waals surface area contributed by atoms with Gasteiger partial charge in [0.15, 0.2) is 0 Å². The van der Waals surface area contributed by atoms with Crippen molar-refractivity contribution >= 4 is 23.7 Å². The molecular formula is C25H35F3N4O4. The van der Waals surface area contributed by atoms with Gasteiger partial charge in [0, 0.05) is 12.1 Å². The average Bonchev–Trinajstić information content (AvgIpc) is 3.12. The predicted octanol–water partition coefficient (Wildman–Crippen LogP) is 4.35. The quantitative estimate of drug-likeness (QED) is 0.525. The Hall–Kier alpha value is -2.85. The monoisotopic (exact) mass is 512 g/mol. The molecule has 2 aliphatic rings. The van der Waals surface area contributed by atoms with Gasteiger partial charge in [-0.1, -0.05) is 19.8 Å². The minimum atomic E-state index is -4.49. The third kappa shape index (κ3) is 7.83. The van der Waals surface area contributed by atoms with Crippen molar-refractivity contribution < 1.29 is 32.3 Å². The van der Waals surface area contributed by atoms with E-state index in [1.807, 2.05) is 5.32 Å². The summed E-state index contributed by atoms with van der Waals surface area (Å²) in [4.78, 5) is 41.9. The van der Waals surface area contributed by atoms with Gasteiger partial charge in [-0.2, -0.15) is 13.2 Å². The number of hydrogen-bond donors (Lipinski definition) is 3. The molecular weight excluding hydrogens is 477 g/mol. The summed E-state index contributed by atoms with van der Waals surface area (Å²) in [5, 5.41) is 7.44. The maximum Gasteiger partial charge on any atom is 0.408 e. The van der Waals surface area contributed by atoms with E-state index >= 15 is 0 Å². The van der Waals surface area contributed by atoms with Crippen LogP contribution in [0.1, 0.15) is 65.4 Å². The molecule has 2 fully saturated rings. The van der Waals surface area contributed by atoms with Crippen LogP contribution in [-0.2, 0) is 20.7 Å². The van der Waals surface area contributed by atoms with Crippen LogP contribution >= 0.6 is 0 Å². The molecule has 1 saturated heterocycles. The van der Waals surface area contributed by atoms with E-state index in [1.54, 1.807) is 32.9 Å². The summed E-state index contributed by atoms with van der Waals surface area (Å²) in [6.07, 6.45) is -0.556. The fourth-order valence-corrected chi connectivity index (χ4v) is 4.74. The number of amides is 3. The van der Waals surface area contributed by atoms with E-state index < -0.39 is 47.7 Å². The van der Waals surface area contributed by atoms with Crippen LogP contribution in [0.2, 0.25) is 0 Å². The normalized spacial score (nSPS) is 25.6. The molecule has 1 aromatic heterocycles. The lowest BCUT2D eigenvalue weighted by Gasteiger charge is -2.32. The number of carbonyl (C=O) groups excluding carboxylic acids is 3. The summed E-state index contributed by atoms with van der Waals surface area (Å²) in [6.45, 7) is 7.37. The first-order chi connectivity index (χ1) is 16.7. The Balaban J connectivity index is 1.69. The predicted molar refractivity (Wildman–Crippen MR) is 127 cm³/mol. The van der Waals surface area contributed by atoms with Crippen LogP contribution in [0.4, 0.5) is 23.8 Å². The molecule has 0 spiro atoms. The maximum atomic E-state index is 13.2. The molecule has 2 heterocycles. The van der Waals surface area contributed by atoms with Crippen molar-refractivity contribution in [3.05, 3.63) is 23.9 Å². The van der Waals surface area contributed by atoms with E-state index in [1.165, 1.54) is 6.20 Å². The Kier molecular flexibility index (Phi) is 8.51. The second-order valence-corrected chi connectivity index (χ2v) is 10.9. The van der Waals surface area contributed by atoms with Crippen molar-refractivity contribution in [2.24, 2.45) is 17.8 Å². The molecule has 200 valence electrons. The molecule has 0 radical (unpaired) electrons. The zero-order chi connectivity index (χ0) is 26.7. The number of ether oxygens (including phenoxy) is 1. The summed E-state index contributed by atoms with van der Waals surface area (Å²) in [6, 6.07) is 0.461. The van der Waals surface area contributed by atoms with E-state index in [9.17, 15) is 27.6 Å². The van der Waals surface area contributed by atoms with Crippen molar-refractivity contribution in [1.29, 1.82) is 0 Å². The summed E-state index contributed by atoms with van der Waals surface area (Å²) in [5.74, 6) is -1.24. The van der Waals surface area contributed by atoms with Gasteiger partial charge in [0.05, 0.1) is 0 Å². The van der Waals surface area contributed by atoms with E-state index in [4.69, 9.17) is 4.74 Å². The molecule has 3 amide bonds. The van der Waals surface area contributed by atoms with Gasteiger partial charge >= 0.3 is 12.3 Å². The number of nitrogens with one attached hydrogen (secondary N) is 3. The van der Waals surface area contributed by atoms with E-state index in [2.05, 4.69) is 22.5 Å². The lowest BCUT2D eigenvalue weighted by atomic mass is 9.79. The number of carbonyl (C=O) groups is 3. The van der Waals surface area contributed by atoms with E-state index in [0.717, 1.165) is 25.7 Å². The fraction of sp³-hybridized carbons (Fsp3) is 0.680. The van der Waals surface area contributed by atoms with Crippen LogP contribution in [0.15, 0.2) is 18.3 Å². The van der Waals surface area contributed by atoms with Crippen LogP contribution in [0.5, 0.6) is 0 Å². The lowest BCUT2D eigenvalue weighted by Crippen LogP contribution is -2.50. The zero-order valence-electron chi connectivity index (χ0n) is 21.1. The molecule has 1 aliphatic carbocycles. The van der Waals surface area contributed by atoms with Crippen LogP contribution in [-0.4, -0.2) is 46.8 Å². The van der Waals surface area contributed by atoms with Crippen molar-refractivity contribution in [3.8, 4) is 0 Å². The van der Waals surface area contributed by atoms with Gasteiger partial charge in [0.2, 0.25) is 11.8 Å². The van der Waals surface area contributed by atoms with Gasteiger partial charge < -0.3 is 20.7 Å². The van der Waals surface area contributed by atoms with Gasteiger partial charge in [-0.05, 0) is 76.0 Å². The van der Waals surface area contributed by atoms with Crippen LogP contribution in [0.25, 0.3) is 0 Å². The highest BCUT2D eigenvalue weighted by Crippen LogP contribution is 2.32. The highest BCUT2D eigenvalue weighted by atomic mass is 19.4. The summed E-state index contributed by atoms with van der Waals surface area (Å²) in [7, 11) is 0. The molecule has 1 saturated carbocycles. The summed E-state index contributed by atoms with van der Waals surface area (Å²) >= 11 is 0. The molecule has 0 aromatic carbocycles. The minimum absolute atomic E-state index is 0.0709. The third-order valence-electron chi connectivity index (χ3n) is 6.65. The zero-order valence-corrected chi connectivity index (χ0v) is 21.1. The Morgan fingerprint density at radius 2 is 1.86 bits per heavy atom. The van der Waals surface area contributed by atoms with Gasteiger partial charge in [-0.15, -0.1) is 0 Å². The maximum absolute atomic E-state index is 13.2. The van der Waals surface area contributed by atoms with Crippen molar-refractivity contribution in [2.75, 3.05) is 5.32 Å². The first-order valence-corrected chi connectivity index (χ1v) is 12.3. The number of pyridine rings is 1. The number of alkyl carbamates (subject to hydrolysis) is 1. The first-order valence-electron chi connectivity index (χ1n) is 12.3. The van der Waals surface area contributed by atoms with Gasteiger partial charge in [-0.3, -0.25) is 9.59 Å². The number of rotatable bonds is 6. The summed E-state index contributed by atoms with van der Waals surface area (Å²) in [5.41, 5.74) is -0.147. The number of halogens is 3. The minimum Gasteiger partial charge on any atom is -0.444 e. The standard InChI is InChI=1S/C25H35F3N4O4/c1-14-5-7-16(8-6-14)20(32-23(35)36-24(2,3)4)22(34)31-19-12-15(9-10-29-19)11-17-13-18(25(26,27)28)30-21(17)33/h9-10,12,14,16-18,20H,5-8,11,13H2,1-4H3,(H,30,33)(H,32,35)(H,29,31,34)/t14?,16?,17-,18+,20+/m1/s1. The second-order valence-electron chi connectivity index (χ2n) is 10.9. The number of anilines is 1. The van der Waals surface area contributed by atoms with Crippen LogP contribution < -0.4 is 16.0 Å². The van der Waals surface area contributed by atoms with Crippen molar-refractivity contribution in [3.63, 3.8) is 0 Å². The molecule has 1 aliphatic heterocycles. The smallest absolute Gasteiger partial charge is 0.408 e. The van der Waals surface area contributed by atoms with E-state index in [0.29, 0.717) is 11.5 Å².